The Kier molecular flexibility index (Phi) is 4.81. The van der Waals surface area contributed by atoms with Gasteiger partial charge in [0.1, 0.15) is 11.2 Å². The molecule has 0 aliphatic carbocycles. The fourth-order valence-electron chi connectivity index (χ4n) is 2.45. The molecule has 0 saturated carbocycles. The lowest BCUT2D eigenvalue weighted by atomic mass is 10.00. The number of amides is 1. The molecule has 0 spiro atoms. The number of alkyl halides is 1. The van der Waals surface area contributed by atoms with Crippen LogP contribution >= 0.6 is 15.9 Å². The van der Waals surface area contributed by atoms with Gasteiger partial charge in [-0.2, -0.15) is 5.26 Å². The van der Waals surface area contributed by atoms with Crippen molar-refractivity contribution in [1.29, 1.82) is 5.26 Å². The summed E-state index contributed by atoms with van der Waals surface area (Å²) in [5, 5.41) is 12.1. The molecule has 0 bridgehead atoms. The number of nitrogens with one attached hydrogen (secondary N) is 1. The number of benzene rings is 1. The molecule has 3 aromatic rings. The molecule has 2 aromatic heterocycles. The highest BCUT2D eigenvalue weighted by Gasteiger charge is 2.16. The largest absolute Gasteiger partial charge is 0.434 e. The highest BCUT2D eigenvalue weighted by molar-refractivity contribution is 9.09. The normalized spacial score (nSPS) is 10.8. The lowest BCUT2D eigenvalue weighted by Crippen LogP contribution is -2.12. The molecule has 126 valence electrons. The Morgan fingerprint density at radius 1 is 1.40 bits per heavy atom. The van der Waals surface area contributed by atoms with Crippen molar-refractivity contribution in [2.75, 3.05) is 10.6 Å². The van der Waals surface area contributed by atoms with E-state index in [0.717, 1.165) is 5.56 Å². The Morgan fingerprint density at radius 3 is 2.80 bits per heavy atom. The third-order valence-electron chi connectivity index (χ3n) is 3.66. The van der Waals surface area contributed by atoms with Crippen LogP contribution in [0.3, 0.4) is 0 Å². The first-order valence-corrected chi connectivity index (χ1v) is 8.80. The van der Waals surface area contributed by atoms with Gasteiger partial charge in [-0.3, -0.25) is 4.79 Å². The summed E-state index contributed by atoms with van der Waals surface area (Å²) in [6, 6.07) is 9.16. The fourth-order valence-corrected chi connectivity index (χ4v) is 2.59. The minimum absolute atomic E-state index is 0.151. The second-order valence-corrected chi connectivity index (χ2v) is 6.37. The zero-order chi connectivity index (χ0) is 18.0. The Hall–Kier alpha value is -2.72. The molecule has 0 atom stereocenters. The smallest absolute Gasteiger partial charge is 0.246 e. The van der Waals surface area contributed by atoms with Crippen molar-refractivity contribution >= 4 is 38.6 Å². The SMILES string of the molecule is CC(C)c1cc(C#N)cc2nc(-c3ccc(NC(=O)CBr)cn3)oc12. The van der Waals surface area contributed by atoms with Gasteiger partial charge in [0.25, 0.3) is 0 Å². The van der Waals surface area contributed by atoms with Gasteiger partial charge in [0.05, 0.1) is 28.8 Å². The van der Waals surface area contributed by atoms with E-state index < -0.39 is 0 Å². The second-order valence-electron chi connectivity index (χ2n) is 5.81. The average molecular weight is 399 g/mol. The number of pyridine rings is 1. The highest BCUT2D eigenvalue weighted by Crippen LogP contribution is 2.31. The molecule has 7 heteroatoms. The van der Waals surface area contributed by atoms with E-state index in [-0.39, 0.29) is 17.2 Å². The zero-order valence-electron chi connectivity index (χ0n) is 13.7. The van der Waals surface area contributed by atoms with Gasteiger partial charge in [-0.25, -0.2) is 9.97 Å². The maximum atomic E-state index is 11.4. The summed E-state index contributed by atoms with van der Waals surface area (Å²) < 4.78 is 5.91. The first-order chi connectivity index (χ1) is 12.0. The van der Waals surface area contributed by atoms with Crippen molar-refractivity contribution in [3.63, 3.8) is 0 Å². The van der Waals surface area contributed by atoms with Gasteiger partial charge >= 0.3 is 0 Å². The van der Waals surface area contributed by atoms with Crippen LogP contribution in [0.5, 0.6) is 0 Å². The fraction of sp³-hybridized carbons (Fsp3) is 0.222. The molecule has 0 saturated heterocycles. The number of halogens is 1. The maximum Gasteiger partial charge on any atom is 0.246 e. The van der Waals surface area contributed by atoms with Crippen LogP contribution in [0.4, 0.5) is 5.69 Å². The number of carbonyl (C=O) groups is 1. The van der Waals surface area contributed by atoms with E-state index in [2.05, 4.69) is 37.3 Å². The van der Waals surface area contributed by atoms with E-state index in [1.165, 1.54) is 0 Å². The molecule has 0 aliphatic rings. The quantitative estimate of drug-likeness (QED) is 0.664. The number of rotatable bonds is 4. The standard InChI is InChI=1S/C18H15BrN4O2/c1-10(2)13-5-11(8-20)6-15-17(13)25-18(23-15)14-4-3-12(9-21-14)22-16(24)7-19/h3-6,9-10H,7H2,1-2H3,(H,22,24). The number of oxazole rings is 1. The van der Waals surface area contributed by atoms with Crippen LogP contribution in [-0.4, -0.2) is 21.2 Å². The van der Waals surface area contributed by atoms with E-state index in [1.807, 2.05) is 19.9 Å². The van der Waals surface area contributed by atoms with E-state index in [9.17, 15) is 10.1 Å². The average Bonchev–Trinajstić information content (AvgIpc) is 3.05. The minimum Gasteiger partial charge on any atom is -0.434 e. The molecular formula is C18H15BrN4O2. The molecule has 1 aromatic carbocycles. The van der Waals surface area contributed by atoms with Crippen molar-refractivity contribution < 1.29 is 9.21 Å². The Balaban J connectivity index is 2.00. The zero-order valence-corrected chi connectivity index (χ0v) is 15.3. The number of fused-ring (bicyclic) bond motifs is 1. The van der Waals surface area contributed by atoms with Crippen molar-refractivity contribution in [2.24, 2.45) is 0 Å². The summed E-state index contributed by atoms with van der Waals surface area (Å²) in [4.78, 5) is 20.1. The van der Waals surface area contributed by atoms with Crippen molar-refractivity contribution in [3.8, 4) is 17.7 Å². The molecule has 2 heterocycles. The first-order valence-electron chi connectivity index (χ1n) is 7.68. The molecule has 1 amide bonds. The van der Waals surface area contributed by atoms with Gasteiger partial charge in [-0.05, 0) is 30.2 Å². The number of hydrogen-bond donors (Lipinski definition) is 1. The van der Waals surface area contributed by atoms with Crippen LogP contribution in [0.15, 0.2) is 34.9 Å². The van der Waals surface area contributed by atoms with Crippen LogP contribution in [0.25, 0.3) is 22.7 Å². The summed E-state index contributed by atoms with van der Waals surface area (Å²) in [7, 11) is 0. The van der Waals surface area contributed by atoms with Crippen molar-refractivity contribution in [3.05, 3.63) is 41.6 Å². The summed E-state index contributed by atoms with van der Waals surface area (Å²) >= 11 is 3.09. The molecular weight excluding hydrogens is 384 g/mol. The van der Waals surface area contributed by atoms with Crippen LogP contribution in [0, 0.1) is 11.3 Å². The molecule has 3 rings (SSSR count). The molecule has 0 radical (unpaired) electrons. The van der Waals surface area contributed by atoms with E-state index >= 15 is 0 Å². The number of hydrogen-bond acceptors (Lipinski definition) is 5. The molecule has 1 N–H and O–H groups in total. The summed E-state index contributed by atoms with van der Waals surface area (Å²) in [6.07, 6.45) is 1.55. The van der Waals surface area contributed by atoms with Crippen LogP contribution < -0.4 is 5.32 Å². The van der Waals surface area contributed by atoms with Gasteiger partial charge in [0.15, 0.2) is 5.58 Å². The first kappa shape index (κ1) is 17.1. The topological polar surface area (TPSA) is 91.8 Å². The maximum absolute atomic E-state index is 11.4. The summed E-state index contributed by atoms with van der Waals surface area (Å²) in [5.41, 5.74) is 3.95. The van der Waals surface area contributed by atoms with Gasteiger partial charge in [0.2, 0.25) is 11.8 Å². The van der Waals surface area contributed by atoms with E-state index in [1.54, 1.807) is 24.4 Å². The minimum atomic E-state index is -0.151. The Bertz CT molecular complexity index is 971. The van der Waals surface area contributed by atoms with Crippen molar-refractivity contribution in [2.45, 2.75) is 19.8 Å². The Morgan fingerprint density at radius 2 is 2.20 bits per heavy atom. The van der Waals surface area contributed by atoms with Gasteiger partial charge < -0.3 is 9.73 Å². The molecule has 0 unspecified atom stereocenters. The number of aromatic nitrogens is 2. The monoisotopic (exact) mass is 398 g/mol. The van der Waals surface area contributed by atoms with Gasteiger partial charge in [-0.1, -0.05) is 29.8 Å². The number of nitriles is 1. The molecule has 0 aliphatic heterocycles. The highest BCUT2D eigenvalue weighted by atomic mass is 79.9. The summed E-state index contributed by atoms with van der Waals surface area (Å²) in [5.74, 6) is 0.429. The van der Waals surface area contributed by atoms with E-state index in [4.69, 9.17) is 4.42 Å². The number of anilines is 1. The second kappa shape index (κ2) is 7.03. The lowest BCUT2D eigenvalue weighted by molar-refractivity contribution is -0.113. The Labute approximate surface area is 153 Å². The number of carbonyl (C=O) groups excluding carboxylic acids is 1. The van der Waals surface area contributed by atoms with Crippen LogP contribution in [0.2, 0.25) is 0 Å². The lowest BCUT2D eigenvalue weighted by Gasteiger charge is -2.05. The predicted molar refractivity (Wildman–Crippen MR) is 98.5 cm³/mol. The van der Waals surface area contributed by atoms with Crippen LogP contribution in [-0.2, 0) is 4.79 Å². The third kappa shape index (κ3) is 3.54. The van der Waals surface area contributed by atoms with Gasteiger partial charge in [0, 0.05) is 5.56 Å². The number of nitrogens with zero attached hydrogens (tertiary/aromatic N) is 3. The van der Waals surface area contributed by atoms with Crippen LogP contribution in [0.1, 0.15) is 30.9 Å². The molecule has 6 nitrogen and oxygen atoms in total. The third-order valence-corrected chi connectivity index (χ3v) is 4.17. The molecule has 25 heavy (non-hydrogen) atoms. The van der Waals surface area contributed by atoms with Crippen molar-refractivity contribution in [1.82, 2.24) is 9.97 Å². The van der Waals surface area contributed by atoms with E-state index in [0.29, 0.717) is 33.9 Å². The molecule has 0 fully saturated rings. The predicted octanol–water partition coefficient (Wildman–Crippen LogP) is 4.22. The summed E-state index contributed by atoms with van der Waals surface area (Å²) in [6.45, 7) is 4.08. The van der Waals surface area contributed by atoms with Gasteiger partial charge in [-0.15, -0.1) is 0 Å².